The molecule has 3 nitrogen and oxygen atoms in total. The Labute approximate surface area is 134 Å². The van der Waals surface area contributed by atoms with Gasteiger partial charge in [0.1, 0.15) is 11.6 Å². The van der Waals surface area contributed by atoms with Gasteiger partial charge in [-0.15, -0.1) is 0 Å². The summed E-state index contributed by atoms with van der Waals surface area (Å²) in [5.41, 5.74) is 5.45. The Hall–Kier alpha value is -2.62. The van der Waals surface area contributed by atoms with E-state index in [1.54, 1.807) is 12.1 Å². The van der Waals surface area contributed by atoms with Crippen molar-refractivity contribution >= 4 is 5.82 Å². The molecule has 3 aromatic rings. The topological polar surface area (TPSA) is 29.9 Å². The van der Waals surface area contributed by atoms with Crippen molar-refractivity contribution in [3.63, 3.8) is 0 Å². The Kier molecular flexibility index (Phi) is 3.37. The minimum Gasteiger partial charge on any atom is -0.369 e. The Morgan fingerprint density at radius 2 is 1.83 bits per heavy atom. The van der Waals surface area contributed by atoms with Gasteiger partial charge >= 0.3 is 0 Å². The number of rotatable bonds is 3. The van der Waals surface area contributed by atoms with Crippen molar-refractivity contribution in [3.05, 3.63) is 65.5 Å². The minimum absolute atomic E-state index is 0.224. The largest absolute Gasteiger partial charge is 0.369 e. The standard InChI is InChI=1S/C19H18FN3/c1-2-13-3-9-16(10-4-13)23-19-17(11-12-21-19)18(22-23)14-5-7-15(20)8-6-14/h3-10,21H,2,11-12H2,1H3. The third kappa shape index (κ3) is 2.40. The fraction of sp³-hybridized carbons (Fsp3) is 0.211. The summed E-state index contributed by atoms with van der Waals surface area (Å²) in [7, 11) is 0. The summed E-state index contributed by atoms with van der Waals surface area (Å²) in [4.78, 5) is 0. The number of fused-ring (bicyclic) bond motifs is 1. The lowest BCUT2D eigenvalue weighted by atomic mass is 10.1. The highest BCUT2D eigenvalue weighted by Gasteiger charge is 2.23. The number of hydrogen-bond donors (Lipinski definition) is 1. The lowest BCUT2D eigenvalue weighted by Crippen LogP contribution is -2.04. The zero-order chi connectivity index (χ0) is 15.8. The number of anilines is 1. The predicted octanol–water partition coefficient (Wildman–Crippen LogP) is 4.21. The molecule has 23 heavy (non-hydrogen) atoms. The van der Waals surface area contributed by atoms with E-state index in [0.29, 0.717) is 0 Å². The fourth-order valence-electron chi connectivity index (χ4n) is 3.07. The van der Waals surface area contributed by atoms with E-state index in [0.717, 1.165) is 42.1 Å². The molecule has 0 fully saturated rings. The molecule has 0 saturated carbocycles. The summed E-state index contributed by atoms with van der Waals surface area (Å²) in [6, 6.07) is 15.0. The van der Waals surface area contributed by atoms with Crippen molar-refractivity contribution in [2.45, 2.75) is 19.8 Å². The molecule has 0 radical (unpaired) electrons. The molecule has 0 atom stereocenters. The summed E-state index contributed by atoms with van der Waals surface area (Å²) >= 11 is 0. The molecule has 1 aliphatic rings. The van der Waals surface area contributed by atoms with Crippen molar-refractivity contribution in [1.29, 1.82) is 0 Å². The third-order valence-electron chi connectivity index (χ3n) is 4.36. The average Bonchev–Trinajstić information content (AvgIpc) is 3.18. The summed E-state index contributed by atoms with van der Waals surface area (Å²) in [6.45, 7) is 3.06. The molecule has 1 aromatic heterocycles. The highest BCUT2D eigenvalue weighted by molar-refractivity contribution is 5.72. The van der Waals surface area contributed by atoms with Gasteiger partial charge in [-0.05, 0) is 54.8 Å². The maximum atomic E-state index is 13.2. The first-order chi connectivity index (χ1) is 11.3. The number of aryl methyl sites for hydroxylation is 1. The van der Waals surface area contributed by atoms with E-state index >= 15 is 0 Å². The lowest BCUT2D eigenvalue weighted by molar-refractivity contribution is 0.628. The maximum absolute atomic E-state index is 13.2. The first-order valence-corrected chi connectivity index (χ1v) is 7.97. The van der Waals surface area contributed by atoms with Gasteiger partial charge < -0.3 is 5.32 Å². The van der Waals surface area contributed by atoms with E-state index in [4.69, 9.17) is 5.10 Å². The van der Waals surface area contributed by atoms with E-state index in [-0.39, 0.29) is 5.82 Å². The Balaban J connectivity index is 1.82. The molecule has 2 aromatic carbocycles. The van der Waals surface area contributed by atoms with Crippen LogP contribution in [0.3, 0.4) is 0 Å². The van der Waals surface area contributed by atoms with Gasteiger partial charge in [-0.1, -0.05) is 19.1 Å². The van der Waals surface area contributed by atoms with E-state index in [2.05, 4.69) is 36.5 Å². The zero-order valence-electron chi connectivity index (χ0n) is 13.0. The van der Waals surface area contributed by atoms with Gasteiger partial charge in [0.15, 0.2) is 0 Å². The molecule has 116 valence electrons. The number of aromatic nitrogens is 2. The molecular weight excluding hydrogens is 289 g/mol. The Morgan fingerprint density at radius 3 is 2.52 bits per heavy atom. The molecule has 4 rings (SSSR count). The summed E-state index contributed by atoms with van der Waals surface area (Å²) < 4.78 is 15.1. The number of benzene rings is 2. The smallest absolute Gasteiger partial charge is 0.133 e. The first-order valence-electron chi connectivity index (χ1n) is 7.97. The van der Waals surface area contributed by atoms with Crippen molar-refractivity contribution in [3.8, 4) is 16.9 Å². The number of halogens is 1. The second-order valence-electron chi connectivity index (χ2n) is 5.79. The van der Waals surface area contributed by atoms with Crippen LogP contribution in [0.5, 0.6) is 0 Å². The second-order valence-corrected chi connectivity index (χ2v) is 5.79. The third-order valence-corrected chi connectivity index (χ3v) is 4.36. The van der Waals surface area contributed by atoms with Crippen LogP contribution in [0.1, 0.15) is 18.1 Å². The van der Waals surface area contributed by atoms with Crippen LogP contribution in [0.4, 0.5) is 10.2 Å². The van der Waals surface area contributed by atoms with Crippen molar-refractivity contribution in [2.75, 3.05) is 11.9 Å². The molecule has 4 heteroatoms. The highest BCUT2D eigenvalue weighted by Crippen LogP contribution is 2.34. The zero-order valence-corrected chi connectivity index (χ0v) is 13.0. The number of hydrogen-bond acceptors (Lipinski definition) is 2. The molecular formula is C19H18FN3. The molecule has 0 saturated heterocycles. The fourth-order valence-corrected chi connectivity index (χ4v) is 3.07. The monoisotopic (exact) mass is 307 g/mol. The molecule has 1 aliphatic heterocycles. The normalized spacial score (nSPS) is 13.0. The summed E-state index contributed by atoms with van der Waals surface area (Å²) in [5.74, 6) is 0.826. The molecule has 0 bridgehead atoms. The van der Waals surface area contributed by atoms with Crippen LogP contribution in [-0.4, -0.2) is 16.3 Å². The summed E-state index contributed by atoms with van der Waals surface area (Å²) in [5, 5.41) is 8.21. The van der Waals surface area contributed by atoms with E-state index in [1.807, 2.05) is 4.68 Å². The van der Waals surface area contributed by atoms with Crippen molar-refractivity contribution in [1.82, 2.24) is 9.78 Å². The lowest BCUT2D eigenvalue weighted by Gasteiger charge is -2.07. The van der Waals surface area contributed by atoms with Gasteiger partial charge in [-0.3, -0.25) is 0 Å². The van der Waals surface area contributed by atoms with Crippen LogP contribution >= 0.6 is 0 Å². The number of nitrogens with zero attached hydrogens (tertiary/aromatic N) is 2. The first kappa shape index (κ1) is 14.0. The molecule has 0 unspecified atom stereocenters. The molecule has 1 N–H and O–H groups in total. The van der Waals surface area contributed by atoms with Gasteiger partial charge in [0.05, 0.1) is 11.4 Å². The Bertz CT molecular complexity index is 832. The van der Waals surface area contributed by atoms with E-state index in [1.165, 1.54) is 23.3 Å². The van der Waals surface area contributed by atoms with Gasteiger partial charge in [-0.25, -0.2) is 9.07 Å². The number of nitrogens with one attached hydrogen (secondary N) is 1. The quantitative estimate of drug-likeness (QED) is 0.785. The van der Waals surface area contributed by atoms with Crippen molar-refractivity contribution < 1.29 is 4.39 Å². The molecule has 0 amide bonds. The predicted molar refractivity (Wildman–Crippen MR) is 90.5 cm³/mol. The Morgan fingerprint density at radius 1 is 1.09 bits per heavy atom. The molecule has 2 heterocycles. The van der Waals surface area contributed by atoms with Crippen LogP contribution < -0.4 is 5.32 Å². The second kappa shape index (κ2) is 5.54. The van der Waals surface area contributed by atoms with E-state index in [9.17, 15) is 4.39 Å². The van der Waals surface area contributed by atoms with Crippen LogP contribution in [-0.2, 0) is 12.8 Å². The molecule has 0 aliphatic carbocycles. The van der Waals surface area contributed by atoms with E-state index < -0.39 is 0 Å². The molecule has 0 spiro atoms. The highest BCUT2D eigenvalue weighted by atomic mass is 19.1. The van der Waals surface area contributed by atoms with Crippen LogP contribution in [0, 0.1) is 5.82 Å². The van der Waals surface area contributed by atoms with Gasteiger partial charge in [0.2, 0.25) is 0 Å². The average molecular weight is 307 g/mol. The van der Waals surface area contributed by atoms with Gasteiger partial charge in [-0.2, -0.15) is 5.10 Å². The van der Waals surface area contributed by atoms with Crippen LogP contribution in [0.2, 0.25) is 0 Å². The SMILES string of the molecule is CCc1ccc(-n2nc(-c3ccc(F)cc3)c3c2NCC3)cc1. The minimum atomic E-state index is -0.224. The maximum Gasteiger partial charge on any atom is 0.133 e. The van der Waals surface area contributed by atoms with Crippen LogP contribution in [0.25, 0.3) is 16.9 Å². The van der Waals surface area contributed by atoms with Gasteiger partial charge in [0, 0.05) is 17.7 Å². The van der Waals surface area contributed by atoms with Gasteiger partial charge in [0.25, 0.3) is 0 Å². The van der Waals surface area contributed by atoms with Crippen LogP contribution in [0.15, 0.2) is 48.5 Å². The summed E-state index contributed by atoms with van der Waals surface area (Å²) in [6.07, 6.45) is 1.96. The van der Waals surface area contributed by atoms with Crippen molar-refractivity contribution in [2.24, 2.45) is 0 Å².